The molecule has 0 heterocycles. The van der Waals surface area contributed by atoms with Crippen molar-refractivity contribution in [3.63, 3.8) is 0 Å². The molecule has 0 spiro atoms. The lowest BCUT2D eigenvalue weighted by Crippen LogP contribution is -2.50. The Labute approximate surface area is 202 Å². The van der Waals surface area contributed by atoms with E-state index in [1.807, 2.05) is 36.4 Å². The highest BCUT2D eigenvalue weighted by Gasteiger charge is 2.29. The standard InChI is InChI=1S/C27H35ClN2O3/c1-19(26(32)29-22-9-5-6-10-22)30(17-20-13-15-21(28)16-14-20)25(31)18-33-24-12-8-7-11-23(24)27(2,3)4/h7-8,11-16,19,22H,5-6,9-10,17-18H2,1-4H3,(H,29,32)/t19-/m1/s1. The second-order valence-electron chi connectivity index (χ2n) is 9.85. The number of ether oxygens (including phenoxy) is 1. The van der Waals surface area contributed by atoms with Gasteiger partial charge in [-0.25, -0.2) is 0 Å². The second kappa shape index (κ2) is 11.1. The average Bonchev–Trinajstić information content (AvgIpc) is 3.29. The number of amides is 2. The lowest BCUT2D eigenvalue weighted by Gasteiger charge is -2.30. The van der Waals surface area contributed by atoms with E-state index in [1.54, 1.807) is 24.0 Å². The molecule has 1 aliphatic carbocycles. The van der Waals surface area contributed by atoms with Gasteiger partial charge in [-0.3, -0.25) is 9.59 Å². The first kappa shape index (κ1) is 25.1. The van der Waals surface area contributed by atoms with Crippen molar-refractivity contribution >= 4 is 23.4 Å². The number of halogens is 1. The van der Waals surface area contributed by atoms with Gasteiger partial charge in [0.05, 0.1) is 0 Å². The molecule has 33 heavy (non-hydrogen) atoms. The molecule has 0 unspecified atom stereocenters. The van der Waals surface area contributed by atoms with E-state index in [4.69, 9.17) is 16.3 Å². The number of nitrogens with zero attached hydrogens (tertiary/aromatic N) is 1. The third-order valence-electron chi connectivity index (χ3n) is 6.18. The number of hydrogen-bond acceptors (Lipinski definition) is 3. The van der Waals surface area contributed by atoms with Crippen molar-refractivity contribution in [2.24, 2.45) is 0 Å². The van der Waals surface area contributed by atoms with Crippen molar-refractivity contribution in [1.82, 2.24) is 10.2 Å². The van der Waals surface area contributed by atoms with Gasteiger partial charge < -0.3 is 15.0 Å². The fraction of sp³-hybridized carbons (Fsp3) is 0.481. The normalized spacial score (nSPS) is 15.2. The molecule has 1 atom stereocenters. The van der Waals surface area contributed by atoms with Gasteiger partial charge in [0.2, 0.25) is 5.91 Å². The summed E-state index contributed by atoms with van der Waals surface area (Å²) in [4.78, 5) is 27.9. The molecule has 0 radical (unpaired) electrons. The first-order chi connectivity index (χ1) is 15.6. The van der Waals surface area contributed by atoms with Gasteiger partial charge in [-0.15, -0.1) is 0 Å². The van der Waals surface area contributed by atoms with Gasteiger partial charge in [0.25, 0.3) is 5.91 Å². The molecule has 2 amide bonds. The molecule has 5 nitrogen and oxygen atoms in total. The van der Waals surface area contributed by atoms with Crippen molar-refractivity contribution in [2.45, 2.75) is 77.4 Å². The van der Waals surface area contributed by atoms with Crippen molar-refractivity contribution in [2.75, 3.05) is 6.61 Å². The summed E-state index contributed by atoms with van der Waals surface area (Å²) in [6.07, 6.45) is 4.26. The molecular weight excluding hydrogens is 436 g/mol. The summed E-state index contributed by atoms with van der Waals surface area (Å²) in [5, 5.41) is 3.75. The zero-order valence-corrected chi connectivity index (χ0v) is 20.8. The summed E-state index contributed by atoms with van der Waals surface area (Å²) in [6, 6.07) is 14.7. The van der Waals surface area contributed by atoms with Crippen LogP contribution >= 0.6 is 11.6 Å². The Hall–Kier alpha value is -2.53. The first-order valence-corrected chi connectivity index (χ1v) is 12.1. The number of para-hydroxylation sites is 1. The molecule has 1 N–H and O–H groups in total. The van der Waals surface area contributed by atoms with Gasteiger partial charge in [0.1, 0.15) is 11.8 Å². The van der Waals surface area contributed by atoms with Crippen molar-refractivity contribution in [1.29, 1.82) is 0 Å². The molecule has 0 bridgehead atoms. The van der Waals surface area contributed by atoms with Crippen LogP contribution in [-0.2, 0) is 21.5 Å². The fourth-order valence-electron chi connectivity index (χ4n) is 4.20. The minimum absolute atomic E-state index is 0.114. The molecule has 1 aliphatic rings. The van der Waals surface area contributed by atoms with Crippen molar-refractivity contribution in [3.05, 3.63) is 64.7 Å². The number of hydrogen-bond donors (Lipinski definition) is 1. The van der Waals surface area contributed by atoms with Gasteiger partial charge in [-0.1, -0.05) is 75.5 Å². The van der Waals surface area contributed by atoms with Crippen LogP contribution in [-0.4, -0.2) is 35.4 Å². The van der Waals surface area contributed by atoms with Crippen LogP contribution in [0.5, 0.6) is 5.75 Å². The SMILES string of the molecule is C[C@H](C(=O)NC1CCCC1)N(Cc1ccc(Cl)cc1)C(=O)COc1ccccc1C(C)(C)C. The molecule has 2 aromatic rings. The Kier molecular flexibility index (Phi) is 8.41. The molecule has 2 aromatic carbocycles. The molecule has 1 fully saturated rings. The summed E-state index contributed by atoms with van der Waals surface area (Å²) in [7, 11) is 0. The Morgan fingerprint density at radius 3 is 2.36 bits per heavy atom. The van der Waals surface area contributed by atoms with Crippen LogP contribution in [0.1, 0.15) is 64.5 Å². The van der Waals surface area contributed by atoms with Gasteiger partial charge in [0, 0.05) is 17.6 Å². The van der Waals surface area contributed by atoms with Crippen LogP contribution in [0.3, 0.4) is 0 Å². The van der Waals surface area contributed by atoms with Crippen molar-refractivity contribution in [3.8, 4) is 5.75 Å². The van der Waals surface area contributed by atoms with E-state index in [2.05, 4.69) is 26.1 Å². The van der Waals surface area contributed by atoms with Crippen LogP contribution in [0, 0.1) is 0 Å². The summed E-state index contributed by atoms with van der Waals surface area (Å²) < 4.78 is 5.98. The van der Waals surface area contributed by atoms with E-state index < -0.39 is 6.04 Å². The predicted octanol–water partition coefficient (Wildman–Crippen LogP) is 5.49. The van der Waals surface area contributed by atoms with Gasteiger partial charge in [-0.2, -0.15) is 0 Å². The highest BCUT2D eigenvalue weighted by molar-refractivity contribution is 6.30. The number of carbonyl (C=O) groups excluding carboxylic acids is 2. The Bertz CT molecular complexity index is 947. The molecule has 6 heteroatoms. The highest BCUT2D eigenvalue weighted by Crippen LogP contribution is 2.31. The Balaban J connectivity index is 1.75. The van der Waals surface area contributed by atoms with E-state index in [0.717, 1.165) is 36.8 Å². The van der Waals surface area contributed by atoms with Crippen LogP contribution in [0.4, 0.5) is 0 Å². The van der Waals surface area contributed by atoms with E-state index >= 15 is 0 Å². The molecule has 178 valence electrons. The molecule has 0 saturated heterocycles. The van der Waals surface area contributed by atoms with E-state index in [0.29, 0.717) is 17.3 Å². The quantitative estimate of drug-likeness (QED) is 0.554. The Morgan fingerprint density at radius 2 is 1.73 bits per heavy atom. The number of nitrogens with one attached hydrogen (secondary N) is 1. The minimum atomic E-state index is -0.616. The minimum Gasteiger partial charge on any atom is -0.483 e. The Morgan fingerprint density at radius 1 is 1.09 bits per heavy atom. The first-order valence-electron chi connectivity index (χ1n) is 11.7. The molecule has 3 rings (SSSR count). The maximum atomic E-state index is 13.3. The summed E-state index contributed by atoms with van der Waals surface area (Å²) in [6.45, 7) is 8.28. The predicted molar refractivity (Wildman–Crippen MR) is 132 cm³/mol. The van der Waals surface area contributed by atoms with Crippen LogP contribution in [0.25, 0.3) is 0 Å². The summed E-state index contributed by atoms with van der Waals surface area (Å²) >= 11 is 6.02. The number of carbonyl (C=O) groups is 2. The zero-order valence-electron chi connectivity index (χ0n) is 20.1. The number of rotatable bonds is 8. The average molecular weight is 471 g/mol. The van der Waals surface area contributed by atoms with Crippen molar-refractivity contribution < 1.29 is 14.3 Å². The lowest BCUT2D eigenvalue weighted by molar-refractivity contribution is -0.142. The van der Waals surface area contributed by atoms with Gasteiger partial charge >= 0.3 is 0 Å². The smallest absolute Gasteiger partial charge is 0.261 e. The third kappa shape index (κ3) is 6.97. The number of benzene rings is 2. The maximum Gasteiger partial charge on any atom is 0.261 e. The van der Waals surface area contributed by atoms with Crippen LogP contribution in [0.2, 0.25) is 5.02 Å². The highest BCUT2D eigenvalue weighted by atomic mass is 35.5. The summed E-state index contributed by atoms with van der Waals surface area (Å²) in [5.41, 5.74) is 1.83. The topological polar surface area (TPSA) is 58.6 Å². The molecule has 0 aliphatic heterocycles. The summed E-state index contributed by atoms with van der Waals surface area (Å²) in [5.74, 6) is 0.329. The lowest BCUT2D eigenvalue weighted by atomic mass is 9.86. The van der Waals surface area contributed by atoms with Gasteiger partial charge in [0.15, 0.2) is 6.61 Å². The zero-order chi connectivity index (χ0) is 24.0. The largest absolute Gasteiger partial charge is 0.483 e. The molecule has 1 saturated carbocycles. The maximum absolute atomic E-state index is 13.3. The third-order valence-corrected chi connectivity index (χ3v) is 6.43. The van der Waals surface area contributed by atoms with Gasteiger partial charge in [-0.05, 0) is 54.5 Å². The van der Waals surface area contributed by atoms with Crippen LogP contribution in [0.15, 0.2) is 48.5 Å². The molecule has 0 aromatic heterocycles. The van der Waals surface area contributed by atoms with E-state index in [9.17, 15) is 9.59 Å². The van der Waals surface area contributed by atoms with E-state index in [-0.39, 0.29) is 29.9 Å². The second-order valence-corrected chi connectivity index (χ2v) is 10.3. The fourth-order valence-corrected chi connectivity index (χ4v) is 4.32. The van der Waals surface area contributed by atoms with E-state index in [1.165, 1.54) is 0 Å². The monoisotopic (exact) mass is 470 g/mol. The van der Waals surface area contributed by atoms with Crippen LogP contribution < -0.4 is 10.1 Å². The molecular formula is C27H35ClN2O3.